The average molecular weight is 176 g/mol. The van der Waals surface area contributed by atoms with Gasteiger partial charge in [-0.1, -0.05) is 6.07 Å². The van der Waals surface area contributed by atoms with Gasteiger partial charge in [-0.25, -0.2) is 0 Å². The summed E-state index contributed by atoms with van der Waals surface area (Å²) in [5.41, 5.74) is 1.37. The second-order valence-electron chi connectivity index (χ2n) is 3.78. The van der Waals surface area contributed by atoms with Crippen LogP contribution in [0.25, 0.3) is 0 Å². The minimum absolute atomic E-state index is 0.818. The summed E-state index contributed by atoms with van der Waals surface area (Å²) in [6.45, 7) is 2.37. The number of piperidine rings is 1. The zero-order chi connectivity index (χ0) is 8.93. The molecule has 0 saturated carbocycles. The van der Waals surface area contributed by atoms with Crippen LogP contribution in [0.1, 0.15) is 18.4 Å². The molecule has 1 aromatic heterocycles. The quantitative estimate of drug-likeness (QED) is 0.740. The van der Waals surface area contributed by atoms with E-state index < -0.39 is 0 Å². The first kappa shape index (κ1) is 8.70. The van der Waals surface area contributed by atoms with E-state index in [1.165, 1.54) is 37.9 Å². The van der Waals surface area contributed by atoms with E-state index in [-0.39, 0.29) is 0 Å². The van der Waals surface area contributed by atoms with Gasteiger partial charge in [0.25, 0.3) is 0 Å². The molecule has 1 saturated heterocycles. The van der Waals surface area contributed by atoms with Crippen molar-refractivity contribution >= 4 is 0 Å². The number of nitrogens with zero attached hydrogens (tertiary/aromatic N) is 1. The predicted molar refractivity (Wildman–Crippen MR) is 53.5 cm³/mol. The molecule has 2 rings (SSSR count). The SMILES string of the molecule is c1cncc(CC2CCCNC2)c1. The first-order chi connectivity index (χ1) is 6.45. The van der Waals surface area contributed by atoms with E-state index in [9.17, 15) is 0 Å². The highest BCUT2D eigenvalue weighted by atomic mass is 14.9. The van der Waals surface area contributed by atoms with Crippen LogP contribution in [0.4, 0.5) is 0 Å². The third-order valence-electron chi connectivity index (χ3n) is 2.65. The van der Waals surface area contributed by atoms with Crippen LogP contribution in [0.3, 0.4) is 0 Å². The summed E-state index contributed by atoms with van der Waals surface area (Å²) in [6.07, 6.45) is 7.69. The highest BCUT2D eigenvalue weighted by Gasteiger charge is 2.12. The molecule has 1 atom stereocenters. The van der Waals surface area contributed by atoms with Gasteiger partial charge in [-0.05, 0) is 49.9 Å². The van der Waals surface area contributed by atoms with E-state index >= 15 is 0 Å². The number of rotatable bonds is 2. The van der Waals surface area contributed by atoms with Crippen molar-refractivity contribution in [3.05, 3.63) is 30.1 Å². The summed E-state index contributed by atoms with van der Waals surface area (Å²) in [6, 6.07) is 4.19. The Kier molecular flexibility index (Phi) is 2.93. The van der Waals surface area contributed by atoms with Crippen molar-refractivity contribution in [2.45, 2.75) is 19.3 Å². The summed E-state index contributed by atoms with van der Waals surface area (Å²) in [5.74, 6) is 0.818. The Hall–Kier alpha value is -0.890. The van der Waals surface area contributed by atoms with E-state index in [2.05, 4.69) is 16.4 Å². The van der Waals surface area contributed by atoms with Crippen molar-refractivity contribution in [3.8, 4) is 0 Å². The monoisotopic (exact) mass is 176 g/mol. The van der Waals surface area contributed by atoms with Crippen molar-refractivity contribution in [3.63, 3.8) is 0 Å². The lowest BCUT2D eigenvalue weighted by atomic mass is 9.93. The van der Waals surface area contributed by atoms with E-state index in [0.717, 1.165) is 5.92 Å². The number of aromatic nitrogens is 1. The maximum absolute atomic E-state index is 4.13. The van der Waals surface area contributed by atoms with Gasteiger partial charge >= 0.3 is 0 Å². The first-order valence-corrected chi connectivity index (χ1v) is 5.05. The molecule has 13 heavy (non-hydrogen) atoms. The molecule has 0 bridgehead atoms. The largest absolute Gasteiger partial charge is 0.316 e. The third kappa shape index (κ3) is 2.52. The fraction of sp³-hybridized carbons (Fsp3) is 0.545. The Morgan fingerprint density at radius 2 is 2.54 bits per heavy atom. The summed E-state index contributed by atoms with van der Waals surface area (Å²) >= 11 is 0. The van der Waals surface area contributed by atoms with Crippen molar-refractivity contribution in [2.75, 3.05) is 13.1 Å². The standard InChI is InChI=1S/C11H16N2/c1-3-10(8-12-5-1)7-11-4-2-6-13-9-11/h1,3,5,8,11,13H,2,4,6-7,9H2. The van der Waals surface area contributed by atoms with Gasteiger partial charge in [0.15, 0.2) is 0 Å². The summed E-state index contributed by atoms with van der Waals surface area (Å²) in [7, 11) is 0. The molecule has 2 nitrogen and oxygen atoms in total. The average Bonchev–Trinajstić information content (AvgIpc) is 2.21. The second-order valence-corrected chi connectivity index (χ2v) is 3.78. The zero-order valence-corrected chi connectivity index (χ0v) is 7.87. The number of hydrogen-bond donors (Lipinski definition) is 1. The fourth-order valence-corrected chi connectivity index (χ4v) is 1.95. The molecule has 0 aromatic carbocycles. The van der Waals surface area contributed by atoms with Crippen LogP contribution in [0.2, 0.25) is 0 Å². The van der Waals surface area contributed by atoms with Gasteiger partial charge in [0.05, 0.1) is 0 Å². The molecule has 1 aliphatic heterocycles. The molecule has 0 radical (unpaired) electrons. The van der Waals surface area contributed by atoms with E-state index in [1.807, 2.05) is 18.5 Å². The first-order valence-electron chi connectivity index (χ1n) is 5.05. The van der Waals surface area contributed by atoms with E-state index in [4.69, 9.17) is 0 Å². The van der Waals surface area contributed by atoms with Gasteiger partial charge in [-0.2, -0.15) is 0 Å². The minimum atomic E-state index is 0.818. The third-order valence-corrected chi connectivity index (χ3v) is 2.65. The Morgan fingerprint density at radius 3 is 3.23 bits per heavy atom. The van der Waals surface area contributed by atoms with Crippen LogP contribution in [-0.2, 0) is 6.42 Å². The second kappa shape index (κ2) is 4.38. The minimum Gasteiger partial charge on any atom is -0.316 e. The summed E-state index contributed by atoms with van der Waals surface area (Å²) in [5, 5.41) is 3.43. The predicted octanol–water partition coefficient (Wildman–Crippen LogP) is 1.62. The smallest absolute Gasteiger partial charge is 0.0299 e. The molecule has 2 heterocycles. The highest BCUT2D eigenvalue weighted by Crippen LogP contribution is 2.15. The van der Waals surface area contributed by atoms with Crippen LogP contribution in [0.5, 0.6) is 0 Å². The molecule has 70 valence electrons. The molecular weight excluding hydrogens is 160 g/mol. The molecule has 1 unspecified atom stereocenters. The Morgan fingerprint density at radius 1 is 1.54 bits per heavy atom. The molecule has 1 aromatic rings. The van der Waals surface area contributed by atoms with Crippen molar-refractivity contribution in [1.82, 2.24) is 10.3 Å². The van der Waals surface area contributed by atoms with Crippen LogP contribution in [-0.4, -0.2) is 18.1 Å². The normalized spacial score (nSPS) is 22.9. The molecule has 1 N–H and O–H groups in total. The fourth-order valence-electron chi connectivity index (χ4n) is 1.95. The van der Waals surface area contributed by atoms with Crippen LogP contribution < -0.4 is 5.32 Å². The molecule has 2 heteroatoms. The van der Waals surface area contributed by atoms with Gasteiger partial charge in [0.2, 0.25) is 0 Å². The van der Waals surface area contributed by atoms with Crippen molar-refractivity contribution in [2.24, 2.45) is 5.92 Å². The molecule has 0 aliphatic carbocycles. The topological polar surface area (TPSA) is 24.9 Å². The zero-order valence-electron chi connectivity index (χ0n) is 7.87. The number of pyridine rings is 1. The highest BCUT2D eigenvalue weighted by molar-refractivity contribution is 5.09. The van der Waals surface area contributed by atoms with Gasteiger partial charge in [0, 0.05) is 12.4 Å². The van der Waals surface area contributed by atoms with E-state index in [0.29, 0.717) is 0 Å². The lowest BCUT2D eigenvalue weighted by Gasteiger charge is -2.22. The van der Waals surface area contributed by atoms with Gasteiger partial charge in [-0.15, -0.1) is 0 Å². The lowest BCUT2D eigenvalue weighted by Crippen LogP contribution is -2.30. The Balaban J connectivity index is 1.90. The van der Waals surface area contributed by atoms with Crippen molar-refractivity contribution < 1.29 is 0 Å². The maximum Gasteiger partial charge on any atom is 0.0299 e. The molecule has 1 aliphatic rings. The van der Waals surface area contributed by atoms with Gasteiger partial charge < -0.3 is 5.32 Å². The molecule has 0 spiro atoms. The van der Waals surface area contributed by atoms with Gasteiger partial charge in [0.1, 0.15) is 0 Å². The molecular formula is C11H16N2. The summed E-state index contributed by atoms with van der Waals surface area (Å²) in [4.78, 5) is 4.13. The Labute approximate surface area is 79.4 Å². The van der Waals surface area contributed by atoms with E-state index in [1.54, 1.807) is 0 Å². The lowest BCUT2D eigenvalue weighted by molar-refractivity contribution is 0.376. The number of hydrogen-bond acceptors (Lipinski definition) is 2. The number of nitrogens with one attached hydrogen (secondary N) is 1. The Bertz CT molecular complexity index is 240. The summed E-state index contributed by atoms with van der Waals surface area (Å²) < 4.78 is 0. The van der Waals surface area contributed by atoms with Crippen LogP contribution in [0, 0.1) is 5.92 Å². The maximum atomic E-state index is 4.13. The van der Waals surface area contributed by atoms with Gasteiger partial charge in [-0.3, -0.25) is 4.98 Å². The molecule has 0 amide bonds. The van der Waals surface area contributed by atoms with Crippen molar-refractivity contribution in [1.29, 1.82) is 0 Å². The molecule has 1 fully saturated rings. The van der Waals surface area contributed by atoms with Crippen LogP contribution in [0.15, 0.2) is 24.5 Å². The van der Waals surface area contributed by atoms with Crippen LogP contribution >= 0.6 is 0 Å².